The number of ether oxygens (including phenoxy) is 6. The molecule has 0 N–H and O–H groups in total. The molecule has 0 atom stereocenters. The van der Waals surface area contributed by atoms with Crippen LogP contribution >= 0.6 is 0 Å². The molecule has 0 amide bonds. The van der Waals surface area contributed by atoms with Gasteiger partial charge in [-0.15, -0.1) is 0 Å². The summed E-state index contributed by atoms with van der Waals surface area (Å²) in [7, 11) is 6.23. The maximum Gasteiger partial charge on any atom is 0.331 e. The van der Waals surface area contributed by atoms with Crippen LogP contribution in [0.4, 0.5) is 0 Å². The lowest BCUT2D eigenvalue weighted by atomic mass is 10.2. The predicted molar refractivity (Wildman–Crippen MR) is 85.5 cm³/mol. The summed E-state index contributed by atoms with van der Waals surface area (Å²) in [6.45, 7) is 1.92. The summed E-state index contributed by atoms with van der Waals surface area (Å²) >= 11 is 0. The van der Waals surface area contributed by atoms with Gasteiger partial charge in [0.1, 0.15) is 0 Å². The van der Waals surface area contributed by atoms with Crippen molar-refractivity contribution in [3.63, 3.8) is 0 Å². The number of carbonyl (C=O) groups is 2. The largest absolute Gasteiger partial charge is 0.462 e. The second kappa shape index (κ2) is 15.1. The minimum atomic E-state index is -0.630. The molecule has 0 aromatic rings. The number of rotatable bonds is 14. The Bertz CT molecular complexity index is 323. The Labute approximate surface area is 143 Å². The fourth-order valence-electron chi connectivity index (χ4n) is 1.86. The fourth-order valence-corrected chi connectivity index (χ4v) is 1.86. The molecule has 0 fully saturated rings. The summed E-state index contributed by atoms with van der Waals surface area (Å²) in [6, 6.07) is 0. The van der Waals surface area contributed by atoms with E-state index in [1.807, 2.05) is 0 Å². The maximum absolute atomic E-state index is 11.6. The van der Waals surface area contributed by atoms with Gasteiger partial charge in [0.2, 0.25) is 0 Å². The van der Waals surface area contributed by atoms with Gasteiger partial charge in [0.25, 0.3) is 0 Å². The molecule has 0 aliphatic rings. The van der Waals surface area contributed by atoms with Crippen LogP contribution in [0, 0.1) is 11.8 Å². The minimum Gasteiger partial charge on any atom is -0.462 e. The maximum atomic E-state index is 11.6. The van der Waals surface area contributed by atoms with Crippen LogP contribution in [0.3, 0.4) is 0 Å². The average Bonchev–Trinajstić information content (AvgIpc) is 2.56. The molecular formula is C16H28O8. The van der Waals surface area contributed by atoms with Crippen molar-refractivity contribution in [2.24, 2.45) is 11.8 Å². The van der Waals surface area contributed by atoms with E-state index in [0.717, 1.165) is 12.2 Å². The normalized spacial score (nSPS) is 11.4. The second-order valence-corrected chi connectivity index (χ2v) is 5.15. The lowest BCUT2D eigenvalue weighted by molar-refractivity contribution is -0.143. The first-order valence-corrected chi connectivity index (χ1v) is 7.54. The monoisotopic (exact) mass is 348 g/mol. The Morgan fingerprint density at radius 2 is 0.917 bits per heavy atom. The van der Waals surface area contributed by atoms with E-state index in [9.17, 15) is 9.59 Å². The molecule has 140 valence electrons. The highest BCUT2D eigenvalue weighted by atomic mass is 16.5. The zero-order chi connectivity index (χ0) is 18.2. The fraction of sp³-hybridized carbons (Fsp3) is 0.750. The van der Waals surface area contributed by atoms with Gasteiger partial charge in [-0.3, -0.25) is 0 Å². The number of esters is 2. The van der Waals surface area contributed by atoms with Crippen LogP contribution < -0.4 is 0 Å². The summed E-state index contributed by atoms with van der Waals surface area (Å²) in [4.78, 5) is 23.1. The standard InChI is InChI=1S/C16H28O8/c1-19-7-13(8-20-2)11-23-15(17)5-6-16(18)24-12-14(9-21-3)10-22-4/h5-6,13-14H,7-12H2,1-4H3/b6-5+. The Hall–Kier alpha value is -1.48. The molecule has 0 saturated heterocycles. The molecule has 0 radical (unpaired) electrons. The summed E-state index contributed by atoms with van der Waals surface area (Å²) in [5, 5.41) is 0. The summed E-state index contributed by atoms with van der Waals surface area (Å²) in [5.41, 5.74) is 0. The number of carbonyl (C=O) groups excluding carboxylic acids is 2. The van der Waals surface area contributed by atoms with Gasteiger partial charge < -0.3 is 28.4 Å². The van der Waals surface area contributed by atoms with Gasteiger partial charge in [-0.1, -0.05) is 0 Å². The van der Waals surface area contributed by atoms with Gasteiger partial charge in [-0.25, -0.2) is 9.59 Å². The molecule has 8 heteroatoms. The van der Waals surface area contributed by atoms with E-state index in [-0.39, 0.29) is 25.0 Å². The third kappa shape index (κ3) is 12.0. The van der Waals surface area contributed by atoms with Crippen LogP contribution in [-0.2, 0) is 38.0 Å². The van der Waals surface area contributed by atoms with Crippen molar-refractivity contribution in [1.29, 1.82) is 0 Å². The van der Waals surface area contributed by atoms with Crippen LogP contribution in [0.2, 0.25) is 0 Å². The third-order valence-corrected chi connectivity index (χ3v) is 2.89. The Balaban J connectivity index is 4.12. The van der Waals surface area contributed by atoms with E-state index in [0.29, 0.717) is 26.4 Å². The highest BCUT2D eigenvalue weighted by Gasteiger charge is 2.12. The first-order valence-electron chi connectivity index (χ1n) is 7.54. The highest BCUT2D eigenvalue weighted by Crippen LogP contribution is 2.01. The first-order chi connectivity index (χ1) is 11.6. The van der Waals surface area contributed by atoms with Gasteiger partial charge in [-0.2, -0.15) is 0 Å². The molecule has 0 aromatic carbocycles. The van der Waals surface area contributed by atoms with Gasteiger partial charge >= 0.3 is 11.9 Å². The van der Waals surface area contributed by atoms with Crippen molar-refractivity contribution >= 4 is 11.9 Å². The van der Waals surface area contributed by atoms with E-state index in [1.165, 1.54) is 0 Å². The average molecular weight is 348 g/mol. The van der Waals surface area contributed by atoms with Gasteiger partial charge in [0.05, 0.1) is 39.6 Å². The molecule has 0 aromatic heterocycles. The van der Waals surface area contributed by atoms with Crippen molar-refractivity contribution in [3.8, 4) is 0 Å². The lowest BCUT2D eigenvalue weighted by Crippen LogP contribution is -2.22. The smallest absolute Gasteiger partial charge is 0.331 e. The molecule has 0 rings (SSSR count). The van der Waals surface area contributed by atoms with Crippen LogP contribution in [0.15, 0.2) is 12.2 Å². The van der Waals surface area contributed by atoms with Crippen molar-refractivity contribution in [2.45, 2.75) is 0 Å². The van der Waals surface area contributed by atoms with Gasteiger partial charge in [-0.05, 0) is 0 Å². The first kappa shape index (κ1) is 22.5. The van der Waals surface area contributed by atoms with Crippen molar-refractivity contribution in [3.05, 3.63) is 12.2 Å². The number of methoxy groups -OCH3 is 4. The third-order valence-electron chi connectivity index (χ3n) is 2.89. The van der Waals surface area contributed by atoms with E-state index in [4.69, 9.17) is 28.4 Å². The quantitative estimate of drug-likeness (QED) is 0.330. The number of hydrogen-bond donors (Lipinski definition) is 0. The summed E-state index contributed by atoms with van der Waals surface area (Å²) in [6.07, 6.45) is 2.06. The molecule has 0 spiro atoms. The molecule has 0 unspecified atom stereocenters. The molecular weight excluding hydrogens is 320 g/mol. The molecule has 8 nitrogen and oxygen atoms in total. The van der Waals surface area contributed by atoms with Crippen LogP contribution in [0.1, 0.15) is 0 Å². The molecule has 0 aliphatic carbocycles. The van der Waals surface area contributed by atoms with E-state index >= 15 is 0 Å². The van der Waals surface area contributed by atoms with E-state index in [2.05, 4.69) is 0 Å². The topological polar surface area (TPSA) is 89.5 Å². The highest BCUT2D eigenvalue weighted by molar-refractivity contribution is 5.91. The molecule has 0 aliphatic heterocycles. The molecule has 0 heterocycles. The zero-order valence-electron chi connectivity index (χ0n) is 14.8. The SMILES string of the molecule is COCC(COC)COC(=O)/C=C/C(=O)OCC(COC)COC. The minimum absolute atomic E-state index is 0.0619. The van der Waals surface area contributed by atoms with Crippen molar-refractivity contribution in [1.82, 2.24) is 0 Å². The Kier molecular flexibility index (Phi) is 14.1. The van der Waals surface area contributed by atoms with E-state index in [1.54, 1.807) is 28.4 Å². The van der Waals surface area contributed by atoms with Crippen LogP contribution in [-0.4, -0.2) is 80.0 Å². The van der Waals surface area contributed by atoms with Gasteiger partial charge in [0, 0.05) is 52.4 Å². The second-order valence-electron chi connectivity index (χ2n) is 5.15. The summed E-state index contributed by atoms with van der Waals surface area (Å²) in [5.74, 6) is -1.38. The molecule has 24 heavy (non-hydrogen) atoms. The molecule has 0 saturated carbocycles. The van der Waals surface area contributed by atoms with Crippen molar-refractivity contribution < 1.29 is 38.0 Å². The lowest BCUT2D eigenvalue weighted by Gasteiger charge is -2.14. The Morgan fingerprint density at radius 1 is 0.625 bits per heavy atom. The predicted octanol–water partition coefficient (Wildman–Crippen LogP) is 0.447. The Morgan fingerprint density at radius 3 is 1.17 bits per heavy atom. The van der Waals surface area contributed by atoms with Crippen LogP contribution in [0.25, 0.3) is 0 Å². The molecule has 0 bridgehead atoms. The van der Waals surface area contributed by atoms with Crippen molar-refractivity contribution in [2.75, 3.05) is 68.1 Å². The van der Waals surface area contributed by atoms with Gasteiger partial charge in [0.15, 0.2) is 0 Å². The van der Waals surface area contributed by atoms with Crippen LogP contribution in [0.5, 0.6) is 0 Å². The van der Waals surface area contributed by atoms with E-state index < -0.39 is 11.9 Å². The number of hydrogen-bond acceptors (Lipinski definition) is 8. The summed E-state index contributed by atoms with van der Waals surface area (Å²) < 4.78 is 30.0. The zero-order valence-corrected chi connectivity index (χ0v) is 14.8.